The third-order valence-electron chi connectivity index (χ3n) is 7.46. The maximum Gasteiger partial charge on any atom is 2.00 e. The Balaban J connectivity index is 0.00000256. The van der Waals surface area contributed by atoms with Crippen molar-refractivity contribution in [2.45, 2.75) is 0 Å². The molecule has 5 heterocycles. The zero-order valence-corrected chi connectivity index (χ0v) is 24.3. The van der Waals surface area contributed by atoms with Crippen LogP contribution in [0.2, 0.25) is 0 Å². The summed E-state index contributed by atoms with van der Waals surface area (Å²) in [4.78, 5) is 36.8. The molecule has 3 aromatic heterocycles. The maximum atomic E-state index is 5.02. The number of hydrogen-bond acceptors (Lipinski definition) is 6. The van der Waals surface area contributed by atoms with E-state index in [9.17, 15) is 0 Å². The van der Waals surface area contributed by atoms with Crippen LogP contribution in [0.5, 0.6) is 0 Å². The number of fused-ring (bicyclic) bond motifs is 20. The van der Waals surface area contributed by atoms with Crippen molar-refractivity contribution in [2.75, 3.05) is 0 Å². The van der Waals surface area contributed by atoms with Crippen molar-refractivity contribution in [3.05, 3.63) is 97.1 Å². The number of rotatable bonds is 0. The SMILES string of the molecule is [W+2].c1ccc2c(c1)-c1nc-2nc2[nH]c(nc3nc(nc4[nH]c(n1)c1ccccc41)-c1ccccc1-3)c1ccccc21. The molecular weight excluding hydrogens is 680 g/mol. The predicted molar refractivity (Wildman–Crippen MR) is 156 cm³/mol. The number of H-pyrrole nitrogens is 2. The molecule has 190 valence electrons. The van der Waals surface area contributed by atoms with Crippen LogP contribution in [0.3, 0.4) is 0 Å². The van der Waals surface area contributed by atoms with Crippen molar-refractivity contribution in [3.63, 3.8) is 0 Å². The van der Waals surface area contributed by atoms with Crippen LogP contribution in [-0.2, 0) is 21.1 Å². The van der Waals surface area contributed by atoms with E-state index >= 15 is 0 Å². The molecule has 8 nitrogen and oxygen atoms in total. The Bertz CT molecular complexity index is 2030. The Morgan fingerprint density at radius 1 is 0.317 bits per heavy atom. The smallest absolute Gasteiger partial charge is 0.324 e. The third kappa shape index (κ3) is 3.57. The van der Waals surface area contributed by atoms with Gasteiger partial charge in [0.15, 0.2) is 23.3 Å². The van der Waals surface area contributed by atoms with Gasteiger partial charge in [0.25, 0.3) is 0 Å². The van der Waals surface area contributed by atoms with Crippen molar-refractivity contribution in [2.24, 2.45) is 0 Å². The molecule has 0 fully saturated rings. The zero-order chi connectivity index (χ0) is 26.2. The molecular formula is C32H18N8W+2. The summed E-state index contributed by atoms with van der Waals surface area (Å²) in [5, 5.41) is 3.82. The van der Waals surface area contributed by atoms with Gasteiger partial charge in [0.05, 0.1) is 0 Å². The van der Waals surface area contributed by atoms with Gasteiger partial charge in [0, 0.05) is 43.8 Å². The number of benzene rings is 4. The van der Waals surface area contributed by atoms with Crippen LogP contribution in [0.25, 0.3) is 89.7 Å². The first-order valence-corrected chi connectivity index (χ1v) is 13.0. The van der Waals surface area contributed by atoms with E-state index in [2.05, 4.69) is 9.97 Å². The fraction of sp³-hybridized carbons (Fsp3) is 0. The first kappa shape index (κ1) is 23.8. The van der Waals surface area contributed by atoms with E-state index in [1.54, 1.807) is 0 Å². The molecule has 9 heteroatoms. The van der Waals surface area contributed by atoms with Gasteiger partial charge in [-0.1, -0.05) is 97.1 Å². The molecule has 41 heavy (non-hydrogen) atoms. The Hall–Kier alpha value is -5.07. The molecule has 0 atom stereocenters. The van der Waals surface area contributed by atoms with Crippen LogP contribution >= 0.6 is 0 Å². The molecule has 0 spiro atoms. The molecule has 0 saturated heterocycles. The van der Waals surface area contributed by atoms with Crippen LogP contribution in [0.1, 0.15) is 0 Å². The summed E-state index contributed by atoms with van der Waals surface area (Å²) in [5.74, 6) is 2.39. The van der Waals surface area contributed by atoms with E-state index < -0.39 is 0 Å². The van der Waals surface area contributed by atoms with Gasteiger partial charge in [-0.15, -0.1) is 0 Å². The summed E-state index contributed by atoms with van der Waals surface area (Å²) in [6.45, 7) is 0. The Morgan fingerprint density at radius 2 is 0.561 bits per heavy atom. The van der Waals surface area contributed by atoms with Gasteiger partial charge in [0.1, 0.15) is 22.6 Å². The summed E-state index contributed by atoms with van der Waals surface area (Å²) in [6.07, 6.45) is 0. The minimum Gasteiger partial charge on any atom is -0.324 e. The van der Waals surface area contributed by atoms with Crippen molar-refractivity contribution in [1.29, 1.82) is 0 Å². The minimum absolute atomic E-state index is 0. The van der Waals surface area contributed by atoms with Crippen LogP contribution in [0.15, 0.2) is 97.1 Å². The van der Waals surface area contributed by atoms with Gasteiger partial charge >= 0.3 is 21.1 Å². The maximum absolute atomic E-state index is 5.02. The van der Waals surface area contributed by atoms with Gasteiger partial charge in [-0.25, -0.2) is 29.9 Å². The second kappa shape index (κ2) is 8.98. The predicted octanol–water partition coefficient (Wildman–Crippen LogP) is 6.87. The first-order chi connectivity index (χ1) is 19.8. The van der Waals surface area contributed by atoms with E-state index in [-0.39, 0.29) is 21.1 Å². The Kier molecular flexibility index (Phi) is 5.21. The van der Waals surface area contributed by atoms with Crippen molar-refractivity contribution < 1.29 is 21.1 Å². The van der Waals surface area contributed by atoms with E-state index in [4.69, 9.17) is 29.9 Å². The second-order valence-corrected chi connectivity index (χ2v) is 9.79. The second-order valence-electron chi connectivity index (χ2n) is 9.79. The molecule has 4 aromatic carbocycles. The standard InChI is InChI=1S/C32H18N8.W/c1-2-10-18-17(9-1)25-33-26(18)38-28-21-13-5-6-14-22(21)30(35-28)40-32-24-16-8-7-15-23(24)31(36-32)39-29-20-12-4-3-11-19(20)27(34-29)37-25;/h1-16H,(H2,33,34,35,36,37,38,39,40);/q;+2. The average molecular weight is 698 g/mol. The molecule has 7 aromatic rings. The quantitative estimate of drug-likeness (QED) is 0.179. The summed E-state index contributed by atoms with van der Waals surface area (Å²) < 4.78 is 0. The summed E-state index contributed by atoms with van der Waals surface area (Å²) in [7, 11) is 0. The Morgan fingerprint density at radius 3 is 0.829 bits per heavy atom. The molecule has 0 unspecified atom stereocenters. The number of aromatic amines is 2. The molecule has 0 amide bonds. The third-order valence-corrected chi connectivity index (χ3v) is 7.46. The first-order valence-electron chi connectivity index (χ1n) is 13.0. The fourth-order valence-corrected chi connectivity index (χ4v) is 5.59. The minimum atomic E-state index is 0. The van der Waals surface area contributed by atoms with E-state index in [0.29, 0.717) is 45.9 Å². The molecule has 2 aliphatic rings. The van der Waals surface area contributed by atoms with Gasteiger partial charge in [-0.2, -0.15) is 0 Å². The normalized spacial score (nSPS) is 11.7. The van der Waals surface area contributed by atoms with Gasteiger partial charge in [0.2, 0.25) is 0 Å². The van der Waals surface area contributed by atoms with Crippen LogP contribution in [0.4, 0.5) is 0 Å². The van der Waals surface area contributed by atoms with E-state index in [1.807, 2.05) is 97.1 Å². The van der Waals surface area contributed by atoms with Crippen LogP contribution in [-0.4, -0.2) is 39.9 Å². The molecule has 0 radical (unpaired) electrons. The molecule has 0 saturated carbocycles. The van der Waals surface area contributed by atoms with Gasteiger partial charge < -0.3 is 9.97 Å². The summed E-state index contributed by atoms with van der Waals surface area (Å²) in [6, 6.07) is 32.2. The molecule has 2 N–H and O–H groups in total. The van der Waals surface area contributed by atoms with Crippen LogP contribution in [0, 0.1) is 0 Å². The fourth-order valence-electron chi connectivity index (χ4n) is 5.59. The Labute approximate surface area is 246 Å². The molecule has 0 aliphatic carbocycles. The molecule has 2 aliphatic heterocycles. The van der Waals surface area contributed by atoms with E-state index in [0.717, 1.165) is 43.8 Å². The van der Waals surface area contributed by atoms with Gasteiger partial charge in [-0.05, 0) is 0 Å². The largest absolute Gasteiger partial charge is 2.00 e. The number of nitrogens with zero attached hydrogens (tertiary/aromatic N) is 6. The van der Waals surface area contributed by atoms with Crippen molar-refractivity contribution in [1.82, 2.24) is 39.9 Å². The summed E-state index contributed by atoms with van der Waals surface area (Å²) >= 11 is 0. The van der Waals surface area contributed by atoms with Crippen LogP contribution < -0.4 is 0 Å². The number of nitrogens with one attached hydrogen (secondary N) is 2. The van der Waals surface area contributed by atoms with Crippen molar-refractivity contribution in [3.8, 4) is 45.6 Å². The van der Waals surface area contributed by atoms with Crippen molar-refractivity contribution >= 4 is 44.1 Å². The average Bonchev–Trinajstić information content (AvgIpc) is 3.73. The topological polar surface area (TPSA) is 109 Å². The molecule has 9 rings (SSSR count). The van der Waals surface area contributed by atoms with E-state index in [1.165, 1.54) is 0 Å². The summed E-state index contributed by atoms with van der Waals surface area (Å²) in [5.41, 5.74) is 6.45. The monoisotopic (exact) mass is 698 g/mol. The van der Waals surface area contributed by atoms with Gasteiger partial charge in [-0.3, -0.25) is 0 Å². The number of aromatic nitrogens is 8. The zero-order valence-electron chi connectivity index (χ0n) is 21.3. The molecule has 8 bridgehead atoms. The number of hydrogen-bond donors (Lipinski definition) is 2.